The molecular weight excluding hydrogens is 176 g/mol. The van der Waals surface area contributed by atoms with Gasteiger partial charge in [-0.1, -0.05) is 6.07 Å². The Morgan fingerprint density at radius 3 is 2.86 bits per heavy atom. The maximum absolute atomic E-state index is 5.84. The van der Waals surface area contributed by atoms with E-state index in [4.69, 9.17) is 10.5 Å². The van der Waals surface area contributed by atoms with E-state index in [2.05, 4.69) is 11.4 Å². The van der Waals surface area contributed by atoms with Gasteiger partial charge in [0.25, 0.3) is 0 Å². The van der Waals surface area contributed by atoms with E-state index in [0.29, 0.717) is 0 Å². The molecule has 0 fully saturated rings. The van der Waals surface area contributed by atoms with Gasteiger partial charge < -0.3 is 15.8 Å². The van der Waals surface area contributed by atoms with Gasteiger partial charge in [-0.2, -0.15) is 0 Å². The highest BCUT2D eigenvalue weighted by atomic mass is 16.5. The number of hydrogen-bond acceptors (Lipinski definition) is 3. The van der Waals surface area contributed by atoms with Crippen molar-refractivity contribution in [2.45, 2.75) is 13.3 Å². The number of ether oxygens (including phenoxy) is 1. The summed E-state index contributed by atoms with van der Waals surface area (Å²) in [6.45, 7) is 3.70. The number of methoxy groups -OCH3 is 1. The average molecular weight is 194 g/mol. The molecule has 0 aliphatic heterocycles. The molecule has 0 spiro atoms. The zero-order valence-electron chi connectivity index (χ0n) is 8.84. The molecular formula is C11H18N2O. The predicted molar refractivity (Wildman–Crippen MR) is 60.6 cm³/mol. The Morgan fingerprint density at radius 2 is 2.21 bits per heavy atom. The number of rotatable bonds is 5. The summed E-state index contributed by atoms with van der Waals surface area (Å²) in [5.74, 6) is 0. The number of anilines is 2. The summed E-state index contributed by atoms with van der Waals surface area (Å²) < 4.78 is 4.96. The average Bonchev–Trinajstić information content (AvgIpc) is 2.15. The van der Waals surface area contributed by atoms with E-state index < -0.39 is 0 Å². The molecule has 0 saturated heterocycles. The van der Waals surface area contributed by atoms with Gasteiger partial charge in [0.1, 0.15) is 0 Å². The van der Waals surface area contributed by atoms with Crippen LogP contribution in [-0.4, -0.2) is 20.3 Å². The van der Waals surface area contributed by atoms with Crippen LogP contribution in [0.5, 0.6) is 0 Å². The quantitative estimate of drug-likeness (QED) is 0.557. The Morgan fingerprint density at radius 1 is 1.43 bits per heavy atom. The summed E-state index contributed by atoms with van der Waals surface area (Å²) >= 11 is 0. The molecule has 0 atom stereocenters. The van der Waals surface area contributed by atoms with Crippen LogP contribution in [0.4, 0.5) is 11.4 Å². The van der Waals surface area contributed by atoms with Gasteiger partial charge in [0.2, 0.25) is 0 Å². The Balaban J connectivity index is 2.42. The molecule has 0 aliphatic rings. The minimum atomic E-state index is 0.777. The molecule has 0 amide bonds. The summed E-state index contributed by atoms with van der Waals surface area (Å²) in [4.78, 5) is 0. The molecule has 0 unspecified atom stereocenters. The number of nitrogens with one attached hydrogen (secondary N) is 1. The zero-order valence-corrected chi connectivity index (χ0v) is 8.84. The fourth-order valence-electron chi connectivity index (χ4n) is 1.28. The fourth-order valence-corrected chi connectivity index (χ4v) is 1.28. The SMILES string of the molecule is COCCCNc1ccc(C)cc1N. The van der Waals surface area contributed by atoms with Gasteiger partial charge in [0.05, 0.1) is 11.4 Å². The highest BCUT2D eigenvalue weighted by Crippen LogP contribution is 2.18. The second kappa shape index (κ2) is 5.50. The number of nitrogens with two attached hydrogens (primary N) is 1. The van der Waals surface area contributed by atoms with E-state index in [1.165, 1.54) is 5.56 Å². The third-order valence-electron chi connectivity index (χ3n) is 2.05. The molecule has 1 aromatic rings. The molecule has 0 bridgehead atoms. The topological polar surface area (TPSA) is 47.3 Å². The monoisotopic (exact) mass is 194 g/mol. The van der Waals surface area contributed by atoms with Crippen LogP contribution >= 0.6 is 0 Å². The van der Waals surface area contributed by atoms with Crippen LogP contribution in [0.1, 0.15) is 12.0 Å². The minimum absolute atomic E-state index is 0.777. The van der Waals surface area contributed by atoms with Gasteiger partial charge in [-0.15, -0.1) is 0 Å². The summed E-state index contributed by atoms with van der Waals surface area (Å²) in [5, 5.41) is 3.27. The van der Waals surface area contributed by atoms with E-state index >= 15 is 0 Å². The first-order valence-corrected chi connectivity index (χ1v) is 4.83. The summed E-state index contributed by atoms with van der Waals surface area (Å²) in [5.41, 5.74) is 8.84. The van der Waals surface area contributed by atoms with Crippen molar-refractivity contribution in [3.63, 3.8) is 0 Å². The second-order valence-corrected chi connectivity index (χ2v) is 3.36. The summed E-state index contributed by atoms with van der Waals surface area (Å²) in [7, 11) is 1.71. The van der Waals surface area contributed by atoms with Crippen LogP contribution in [0.2, 0.25) is 0 Å². The lowest BCUT2D eigenvalue weighted by molar-refractivity contribution is 0.198. The van der Waals surface area contributed by atoms with E-state index in [1.807, 2.05) is 19.1 Å². The standard InChI is InChI=1S/C11H18N2O/c1-9-4-5-11(10(12)8-9)13-6-3-7-14-2/h4-5,8,13H,3,6-7,12H2,1-2H3. The van der Waals surface area contributed by atoms with Gasteiger partial charge in [-0.3, -0.25) is 0 Å². The zero-order chi connectivity index (χ0) is 10.4. The minimum Gasteiger partial charge on any atom is -0.397 e. The Kier molecular flexibility index (Phi) is 4.26. The molecule has 3 N–H and O–H groups in total. The molecule has 0 saturated carbocycles. The van der Waals surface area contributed by atoms with Crippen molar-refractivity contribution in [2.24, 2.45) is 0 Å². The highest BCUT2D eigenvalue weighted by Gasteiger charge is 1.97. The van der Waals surface area contributed by atoms with E-state index in [9.17, 15) is 0 Å². The van der Waals surface area contributed by atoms with E-state index in [0.717, 1.165) is 30.9 Å². The molecule has 78 valence electrons. The van der Waals surface area contributed by atoms with Gasteiger partial charge in [0.15, 0.2) is 0 Å². The molecule has 0 aromatic heterocycles. The lowest BCUT2D eigenvalue weighted by Gasteiger charge is -2.09. The lowest BCUT2D eigenvalue weighted by atomic mass is 10.2. The smallest absolute Gasteiger partial charge is 0.0574 e. The third kappa shape index (κ3) is 3.26. The largest absolute Gasteiger partial charge is 0.397 e. The van der Waals surface area contributed by atoms with Crippen molar-refractivity contribution in [1.29, 1.82) is 0 Å². The maximum Gasteiger partial charge on any atom is 0.0574 e. The van der Waals surface area contributed by atoms with Crippen molar-refractivity contribution in [1.82, 2.24) is 0 Å². The van der Waals surface area contributed by atoms with Crippen LogP contribution < -0.4 is 11.1 Å². The van der Waals surface area contributed by atoms with Crippen molar-refractivity contribution in [2.75, 3.05) is 31.3 Å². The van der Waals surface area contributed by atoms with Crippen LogP contribution in [0, 0.1) is 6.92 Å². The first kappa shape index (κ1) is 10.9. The number of hydrogen-bond donors (Lipinski definition) is 2. The molecule has 0 radical (unpaired) electrons. The Bertz CT molecular complexity index is 287. The van der Waals surface area contributed by atoms with E-state index in [1.54, 1.807) is 7.11 Å². The number of aryl methyl sites for hydroxylation is 1. The van der Waals surface area contributed by atoms with Gasteiger partial charge >= 0.3 is 0 Å². The lowest BCUT2D eigenvalue weighted by Crippen LogP contribution is -2.06. The van der Waals surface area contributed by atoms with Crippen molar-refractivity contribution in [3.05, 3.63) is 23.8 Å². The molecule has 0 aliphatic carbocycles. The summed E-state index contributed by atoms with van der Waals surface area (Å²) in [6.07, 6.45) is 0.990. The molecule has 14 heavy (non-hydrogen) atoms. The Hall–Kier alpha value is -1.22. The third-order valence-corrected chi connectivity index (χ3v) is 2.05. The van der Waals surface area contributed by atoms with Gasteiger partial charge in [-0.05, 0) is 31.0 Å². The maximum atomic E-state index is 5.84. The molecule has 1 rings (SSSR count). The summed E-state index contributed by atoms with van der Waals surface area (Å²) in [6, 6.07) is 6.03. The van der Waals surface area contributed by atoms with Gasteiger partial charge in [0, 0.05) is 20.3 Å². The first-order valence-electron chi connectivity index (χ1n) is 4.83. The second-order valence-electron chi connectivity index (χ2n) is 3.36. The predicted octanol–water partition coefficient (Wildman–Crippen LogP) is 2.03. The highest BCUT2D eigenvalue weighted by molar-refractivity contribution is 5.66. The van der Waals surface area contributed by atoms with Crippen LogP contribution in [0.15, 0.2) is 18.2 Å². The molecule has 0 heterocycles. The molecule has 3 heteroatoms. The fraction of sp³-hybridized carbons (Fsp3) is 0.455. The normalized spacial score (nSPS) is 10.1. The van der Waals surface area contributed by atoms with Crippen LogP contribution in [0.25, 0.3) is 0 Å². The molecule has 1 aromatic carbocycles. The van der Waals surface area contributed by atoms with Crippen LogP contribution in [-0.2, 0) is 4.74 Å². The molecule has 3 nitrogen and oxygen atoms in total. The first-order chi connectivity index (χ1) is 6.74. The van der Waals surface area contributed by atoms with Gasteiger partial charge in [-0.25, -0.2) is 0 Å². The van der Waals surface area contributed by atoms with Crippen molar-refractivity contribution < 1.29 is 4.74 Å². The van der Waals surface area contributed by atoms with Crippen LogP contribution in [0.3, 0.4) is 0 Å². The Labute approximate surface area is 85.3 Å². The van der Waals surface area contributed by atoms with E-state index in [-0.39, 0.29) is 0 Å². The number of benzene rings is 1. The van der Waals surface area contributed by atoms with Crippen molar-refractivity contribution >= 4 is 11.4 Å². The number of nitrogen functional groups attached to an aromatic ring is 1. The van der Waals surface area contributed by atoms with Crippen molar-refractivity contribution in [3.8, 4) is 0 Å².